The summed E-state index contributed by atoms with van der Waals surface area (Å²) < 4.78 is 18.9. The largest absolute Gasteiger partial charge is 0.478 e. The summed E-state index contributed by atoms with van der Waals surface area (Å²) in [5.41, 5.74) is 1.06. The number of amides is 2. The molecule has 1 heterocycles. The van der Waals surface area contributed by atoms with Crippen LogP contribution in [-0.4, -0.2) is 24.5 Å². The number of fused-ring (bicyclic) bond motifs is 1. The van der Waals surface area contributed by atoms with E-state index < -0.39 is 11.9 Å². The van der Waals surface area contributed by atoms with E-state index in [2.05, 4.69) is 5.32 Å². The number of para-hydroxylation sites is 2. The highest BCUT2D eigenvalue weighted by atomic mass is 19.1. The van der Waals surface area contributed by atoms with E-state index in [1.165, 1.54) is 18.2 Å². The maximum Gasteiger partial charge on any atom is 0.268 e. The van der Waals surface area contributed by atoms with Crippen molar-refractivity contribution in [3.63, 3.8) is 0 Å². The maximum atomic E-state index is 13.2. The molecule has 0 bridgehead atoms. The Hall–Kier alpha value is -2.89. The Morgan fingerprint density at radius 3 is 2.80 bits per heavy atom. The second-order valence-electron chi connectivity index (χ2n) is 5.78. The van der Waals surface area contributed by atoms with Crippen molar-refractivity contribution in [2.45, 2.75) is 25.9 Å². The highest BCUT2D eigenvalue weighted by molar-refractivity contribution is 6.01. The summed E-state index contributed by atoms with van der Waals surface area (Å²) in [6, 6.07) is 13.0. The highest BCUT2D eigenvalue weighted by Crippen LogP contribution is 2.34. The normalized spacial score (nSPS) is 16.2. The summed E-state index contributed by atoms with van der Waals surface area (Å²) in [4.78, 5) is 26.3. The van der Waals surface area contributed by atoms with Gasteiger partial charge in [0.2, 0.25) is 5.91 Å². The van der Waals surface area contributed by atoms with Crippen molar-refractivity contribution in [3.05, 3.63) is 54.3 Å². The summed E-state index contributed by atoms with van der Waals surface area (Å²) in [5, 5.41) is 2.64. The van der Waals surface area contributed by atoms with Gasteiger partial charge in [0.05, 0.1) is 5.69 Å². The molecule has 1 aliphatic heterocycles. The van der Waals surface area contributed by atoms with Crippen molar-refractivity contribution >= 4 is 23.2 Å². The van der Waals surface area contributed by atoms with Crippen molar-refractivity contribution < 1.29 is 18.7 Å². The molecule has 0 fully saturated rings. The van der Waals surface area contributed by atoms with Gasteiger partial charge in [-0.1, -0.05) is 25.1 Å². The second kappa shape index (κ2) is 7.34. The molecule has 5 nitrogen and oxygen atoms in total. The molecule has 0 radical (unpaired) electrons. The molecule has 0 spiro atoms. The third-order valence-corrected chi connectivity index (χ3v) is 4.01. The molecular weight excluding hydrogens is 323 g/mol. The first kappa shape index (κ1) is 17.0. The van der Waals surface area contributed by atoms with Crippen LogP contribution in [0, 0.1) is 5.82 Å². The Bertz CT molecular complexity index is 794. The predicted molar refractivity (Wildman–Crippen MR) is 93.1 cm³/mol. The lowest BCUT2D eigenvalue weighted by Gasteiger charge is -2.33. The molecule has 0 aliphatic carbocycles. The molecule has 130 valence electrons. The number of anilines is 2. The number of nitrogens with one attached hydrogen (secondary N) is 1. The molecule has 25 heavy (non-hydrogen) atoms. The van der Waals surface area contributed by atoms with Crippen LogP contribution in [0.3, 0.4) is 0 Å². The molecule has 2 aromatic rings. The van der Waals surface area contributed by atoms with Gasteiger partial charge in [-0.25, -0.2) is 4.39 Å². The first-order chi connectivity index (χ1) is 12.1. The first-order valence-corrected chi connectivity index (χ1v) is 8.21. The number of rotatable bonds is 5. The van der Waals surface area contributed by atoms with Crippen LogP contribution in [0.1, 0.15) is 19.8 Å². The van der Waals surface area contributed by atoms with Gasteiger partial charge in [0, 0.05) is 18.7 Å². The molecule has 0 saturated carbocycles. The quantitative estimate of drug-likeness (QED) is 0.906. The van der Waals surface area contributed by atoms with Crippen LogP contribution in [0.4, 0.5) is 15.8 Å². The van der Waals surface area contributed by atoms with E-state index >= 15 is 0 Å². The molecule has 0 aromatic heterocycles. The van der Waals surface area contributed by atoms with Crippen molar-refractivity contribution in [1.29, 1.82) is 0 Å². The monoisotopic (exact) mass is 342 g/mol. The molecule has 2 amide bonds. The molecule has 2 aromatic carbocycles. The summed E-state index contributed by atoms with van der Waals surface area (Å²) in [6.07, 6.45) is 0.118. The number of nitrogens with zero attached hydrogens (tertiary/aromatic N) is 1. The number of benzene rings is 2. The number of halogens is 1. The van der Waals surface area contributed by atoms with Crippen LogP contribution in [0.25, 0.3) is 0 Å². The number of ether oxygens (including phenoxy) is 1. The van der Waals surface area contributed by atoms with E-state index in [1.54, 1.807) is 17.0 Å². The number of carbonyl (C=O) groups excluding carboxylic acids is 2. The fraction of sp³-hybridized carbons (Fsp3) is 0.263. The third kappa shape index (κ3) is 3.79. The van der Waals surface area contributed by atoms with Gasteiger partial charge in [-0.05, 0) is 36.8 Å². The smallest absolute Gasteiger partial charge is 0.268 e. The minimum atomic E-state index is -0.541. The standard InChI is InChI=1S/C19H19FN2O3/c1-2-16-19(24)22(15-8-3-4-9-17(15)25-16)11-10-18(23)21-14-7-5-6-13(20)12-14/h3-9,12,16H,2,10-11H2,1H3,(H,21,23). The molecule has 6 heteroatoms. The Balaban J connectivity index is 1.69. The topological polar surface area (TPSA) is 58.6 Å². The fourth-order valence-electron chi connectivity index (χ4n) is 2.77. The number of carbonyl (C=O) groups is 2. The number of hydrogen-bond donors (Lipinski definition) is 1. The molecule has 1 unspecified atom stereocenters. The van der Waals surface area contributed by atoms with Gasteiger partial charge in [0.1, 0.15) is 11.6 Å². The molecule has 3 rings (SSSR count). The zero-order chi connectivity index (χ0) is 17.8. The molecule has 1 N–H and O–H groups in total. The summed E-state index contributed by atoms with van der Waals surface area (Å²) >= 11 is 0. The van der Waals surface area contributed by atoms with E-state index in [9.17, 15) is 14.0 Å². The van der Waals surface area contributed by atoms with Gasteiger partial charge in [-0.15, -0.1) is 0 Å². The predicted octanol–water partition coefficient (Wildman–Crippen LogP) is 3.36. The molecular formula is C19H19FN2O3. The Morgan fingerprint density at radius 2 is 2.04 bits per heavy atom. The van der Waals surface area contributed by atoms with Crippen LogP contribution >= 0.6 is 0 Å². The van der Waals surface area contributed by atoms with E-state index in [-0.39, 0.29) is 24.8 Å². The van der Waals surface area contributed by atoms with Crippen molar-refractivity contribution in [1.82, 2.24) is 0 Å². The highest BCUT2D eigenvalue weighted by Gasteiger charge is 2.33. The maximum absolute atomic E-state index is 13.2. The lowest BCUT2D eigenvalue weighted by molar-refractivity contribution is -0.126. The van der Waals surface area contributed by atoms with E-state index in [0.29, 0.717) is 23.5 Å². The van der Waals surface area contributed by atoms with Gasteiger partial charge in [-0.2, -0.15) is 0 Å². The van der Waals surface area contributed by atoms with Crippen molar-refractivity contribution in [2.24, 2.45) is 0 Å². The summed E-state index contributed by atoms with van der Waals surface area (Å²) in [7, 11) is 0. The number of hydrogen-bond acceptors (Lipinski definition) is 3. The van der Waals surface area contributed by atoms with Gasteiger partial charge < -0.3 is 15.0 Å². The van der Waals surface area contributed by atoms with Crippen molar-refractivity contribution in [2.75, 3.05) is 16.8 Å². The van der Waals surface area contributed by atoms with E-state index in [0.717, 1.165) is 0 Å². The lowest BCUT2D eigenvalue weighted by Crippen LogP contribution is -2.46. The summed E-state index contributed by atoms with van der Waals surface area (Å²) in [5.74, 6) is -0.212. The van der Waals surface area contributed by atoms with Crippen LogP contribution < -0.4 is 15.0 Å². The van der Waals surface area contributed by atoms with Crippen LogP contribution in [0.5, 0.6) is 5.75 Å². The Kier molecular flexibility index (Phi) is 4.97. The van der Waals surface area contributed by atoms with Crippen LogP contribution in [-0.2, 0) is 9.59 Å². The zero-order valence-corrected chi connectivity index (χ0v) is 13.9. The average molecular weight is 342 g/mol. The SMILES string of the molecule is CCC1Oc2ccccc2N(CCC(=O)Nc2cccc(F)c2)C1=O. The van der Waals surface area contributed by atoms with Gasteiger partial charge in [-0.3, -0.25) is 9.59 Å². The zero-order valence-electron chi connectivity index (χ0n) is 13.9. The lowest BCUT2D eigenvalue weighted by atomic mass is 10.1. The van der Waals surface area contributed by atoms with E-state index in [4.69, 9.17) is 4.74 Å². The molecule has 1 aliphatic rings. The van der Waals surface area contributed by atoms with Gasteiger partial charge in [0.15, 0.2) is 6.10 Å². The third-order valence-electron chi connectivity index (χ3n) is 4.01. The van der Waals surface area contributed by atoms with Crippen LogP contribution in [0.15, 0.2) is 48.5 Å². The second-order valence-corrected chi connectivity index (χ2v) is 5.78. The molecule has 1 atom stereocenters. The van der Waals surface area contributed by atoms with Crippen LogP contribution in [0.2, 0.25) is 0 Å². The Morgan fingerprint density at radius 1 is 1.24 bits per heavy atom. The van der Waals surface area contributed by atoms with Gasteiger partial charge >= 0.3 is 0 Å². The average Bonchev–Trinajstić information content (AvgIpc) is 2.60. The minimum Gasteiger partial charge on any atom is -0.478 e. The fourth-order valence-corrected chi connectivity index (χ4v) is 2.77. The Labute approximate surface area is 145 Å². The van der Waals surface area contributed by atoms with Gasteiger partial charge in [0.25, 0.3) is 5.91 Å². The van der Waals surface area contributed by atoms with Crippen molar-refractivity contribution in [3.8, 4) is 5.75 Å². The first-order valence-electron chi connectivity index (χ1n) is 8.21. The summed E-state index contributed by atoms with van der Waals surface area (Å²) in [6.45, 7) is 2.11. The molecule has 0 saturated heterocycles. The van der Waals surface area contributed by atoms with E-state index in [1.807, 2.05) is 25.1 Å². The minimum absolute atomic E-state index is 0.104.